The molecule has 1 aromatic carbocycles. The summed E-state index contributed by atoms with van der Waals surface area (Å²) < 4.78 is 0. The summed E-state index contributed by atoms with van der Waals surface area (Å²) in [5, 5.41) is 3.31. The summed E-state index contributed by atoms with van der Waals surface area (Å²) in [6.07, 6.45) is 0. The number of benzene rings is 1. The summed E-state index contributed by atoms with van der Waals surface area (Å²) in [6, 6.07) is 8.42. The van der Waals surface area contributed by atoms with E-state index in [0.29, 0.717) is 0 Å². The number of hydrogen-bond donors (Lipinski definition) is 1. The molecule has 0 amide bonds. The Bertz CT molecular complexity index is 355. The summed E-state index contributed by atoms with van der Waals surface area (Å²) in [7, 11) is 4.00. The first-order valence-electron chi connectivity index (χ1n) is 4.80. The predicted octanol–water partition coefficient (Wildman–Crippen LogP) is 1.21. The van der Waals surface area contributed by atoms with Crippen molar-refractivity contribution in [2.75, 3.05) is 14.1 Å². The maximum Gasteiger partial charge on any atom is 0.194 e. The van der Waals surface area contributed by atoms with Gasteiger partial charge in [-0.1, -0.05) is 24.3 Å². The highest BCUT2D eigenvalue weighted by atomic mass is 15.3. The highest BCUT2D eigenvalue weighted by Crippen LogP contribution is 2.12. The Balaban J connectivity index is 2.24. The van der Waals surface area contributed by atoms with Crippen LogP contribution in [0.15, 0.2) is 29.3 Å². The molecular formula is C11H15N3. The molecule has 3 heteroatoms. The molecule has 1 aliphatic rings. The fourth-order valence-corrected chi connectivity index (χ4v) is 1.57. The van der Waals surface area contributed by atoms with Crippen LogP contribution in [0.1, 0.15) is 11.1 Å². The van der Waals surface area contributed by atoms with Gasteiger partial charge >= 0.3 is 0 Å². The number of hydrogen-bond acceptors (Lipinski definition) is 3. The van der Waals surface area contributed by atoms with E-state index in [9.17, 15) is 0 Å². The molecule has 1 aliphatic heterocycles. The molecule has 2 rings (SSSR count). The zero-order chi connectivity index (χ0) is 9.97. The summed E-state index contributed by atoms with van der Waals surface area (Å²) in [4.78, 5) is 6.50. The first-order chi connectivity index (χ1) is 6.77. The number of nitrogens with zero attached hydrogens (tertiary/aromatic N) is 2. The Labute approximate surface area is 84.5 Å². The maximum atomic E-state index is 4.50. The molecular weight excluding hydrogens is 174 g/mol. The first-order valence-corrected chi connectivity index (χ1v) is 4.80. The molecule has 0 spiro atoms. The average molecular weight is 189 g/mol. The van der Waals surface area contributed by atoms with Crippen LogP contribution in [0.3, 0.4) is 0 Å². The molecule has 74 valence electrons. The van der Waals surface area contributed by atoms with Crippen LogP contribution in [0.2, 0.25) is 0 Å². The fourth-order valence-electron chi connectivity index (χ4n) is 1.57. The average Bonchev–Trinajstić information content (AvgIpc) is 2.39. The number of nitrogens with one attached hydrogen (secondary N) is 1. The largest absolute Gasteiger partial charge is 0.352 e. The lowest BCUT2D eigenvalue weighted by Gasteiger charge is -2.15. The second-order valence-corrected chi connectivity index (χ2v) is 3.66. The van der Waals surface area contributed by atoms with Gasteiger partial charge in [-0.2, -0.15) is 0 Å². The monoisotopic (exact) mass is 189 g/mol. The van der Waals surface area contributed by atoms with Crippen LogP contribution in [0.5, 0.6) is 0 Å². The summed E-state index contributed by atoms with van der Waals surface area (Å²) in [5.41, 5.74) is 2.66. The van der Waals surface area contributed by atoms with E-state index in [-0.39, 0.29) is 0 Å². The van der Waals surface area contributed by atoms with E-state index < -0.39 is 0 Å². The van der Waals surface area contributed by atoms with Crippen molar-refractivity contribution in [3.63, 3.8) is 0 Å². The van der Waals surface area contributed by atoms with Crippen molar-refractivity contribution < 1.29 is 0 Å². The van der Waals surface area contributed by atoms with Crippen molar-refractivity contribution in [1.29, 1.82) is 0 Å². The zero-order valence-corrected chi connectivity index (χ0v) is 8.62. The van der Waals surface area contributed by atoms with Gasteiger partial charge in [-0.15, -0.1) is 0 Å². The molecule has 0 aromatic heterocycles. The summed E-state index contributed by atoms with van der Waals surface area (Å²) in [5.74, 6) is 0.959. The number of guanidine groups is 1. The second kappa shape index (κ2) is 3.70. The van der Waals surface area contributed by atoms with Crippen LogP contribution in [0.25, 0.3) is 0 Å². The van der Waals surface area contributed by atoms with Gasteiger partial charge in [0.25, 0.3) is 0 Å². The Morgan fingerprint density at radius 3 is 2.64 bits per heavy atom. The molecule has 0 saturated heterocycles. The molecule has 0 aliphatic carbocycles. The van der Waals surface area contributed by atoms with E-state index in [1.165, 1.54) is 11.1 Å². The fraction of sp³-hybridized carbons (Fsp3) is 0.364. The van der Waals surface area contributed by atoms with Crippen LogP contribution < -0.4 is 5.32 Å². The van der Waals surface area contributed by atoms with Crippen molar-refractivity contribution in [3.05, 3.63) is 35.4 Å². The van der Waals surface area contributed by atoms with Crippen LogP contribution in [-0.2, 0) is 13.1 Å². The Morgan fingerprint density at radius 1 is 1.21 bits per heavy atom. The minimum Gasteiger partial charge on any atom is -0.352 e. The van der Waals surface area contributed by atoms with Gasteiger partial charge < -0.3 is 10.2 Å². The molecule has 0 unspecified atom stereocenters. The lowest BCUT2D eigenvalue weighted by molar-refractivity contribution is 0.583. The highest BCUT2D eigenvalue weighted by Gasteiger charge is 2.08. The third-order valence-electron chi connectivity index (χ3n) is 2.38. The third-order valence-corrected chi connectivity index (χ3v) is 2.38. The normalized spacial score (nSPS) is 14.9. The molecule has 3 nitrogen and oxygen atoms in total. The minimum atomic E-state index is 0.774. The van der Waals surface area contributed by atoms with Crippen molar-refractivity contribution in [3.8, 4) is 0 Å². The van der Waals surface area contributed by atoms with Gasteiger partial charge in [-0.3, -0.25) is 0 Å². The van der Waals surface area contributed by atoms with E-state index in [1.54, 1.807) is 0 Å². The molecule has 0 radical (unpaired) electrons. The van der Waals surface area contributed by atoms with Gasteiger partial charge in [0.1, 0.15) is 0 Å². The zero-order valence-electron chi connectivity index (χ0n) is 8.62. The van der Waals surface area contributed by atoms with E-state index in [2.05, 4.69) is 34.6 Å². The Hall–Kier alpha value is -1.51. The molecule has 0 atom stereocenters. The van der Waals surface area contributed by atoms with Gasteiger partial charge in [-0.25, -0.2) is 4.99 Å². The topological polar surface area (TPSA) is 27.6 Å². The molecule has 0 fully saturated rings. The molecule has 0 bridgehead atoms. The van der Waals surface area contributed by atoms with Crippen molar-refractivity contribution in [1.82, 2.24) is 10.2 Å². The number of fused-ring (bicyclic) bond motifs is 1. The second-order valence-electron chi connectivity index (χ2n) is 3.66. The quantitative estimate of drug-likeness (QED) is 0.664. The highest BCUT2D eigenvalue weighted by molar-refractivity contribution is 5.79. The van der Waals surface area contributed by atoms with Crippen molar-refractivity contribution in [2.45, 2.75) is 13.1 Å². The van der Waals surface area contributed by atoms with Crippen LogP contribution in [-0.4, -0.2) is 25.0 Å². The van der Waals surface area contributed by atoms with Crippen LogP contribution >= 0.6 is 0 Å². The minimum absolute atomic E-state index is 0.774. The predicted molar refractivity (Wildman–Crippen MR) is 58.1 cm³/mol. The number of rotatable bonds is 0. The summed E-state index contributed by atoms with van der Waals surface area (Å²) in [6.45, 7) is 1.64. The molecule has 14 heavy (non-hydrogen) atoms. The molecule has 1 heterocycles. The SMILES string of the molecule is CN(C)C1=NCc2ccccc2CN1. The Morgan fingerprint density at radius 2 is 1.93 bits per heavy atom. The summed E-state index contributed by atoms with van der Waals surface area (Å²) >= 11 is 0. The third kappa shape index (κ3) is 1.71. The van der Waals surface area contributed by atoms with Gasteiger partial charge in [-0.05, 0) is 11.1 Å². The first kappa shape index (κ1) is 9.06. The van der Waals surface area contributed by atoms with E-state index in [1.807, 2.05) is 19.0 Å². The molecule has 0 saturated carbocycles. The van der Waals surface area contributed by atoms with Gasteiger partial charge in [0.05, 0.1) is 6.54 Å². The Kier molecular flexibility index (Phi) is 2.39. The van der Waals surface area contributed by atoms with E-state index in [4.69, 9.17) is 0 Å². The lowest BCUT2D eigenvalue weighted by Crippen LogP contribution is -2.35. The van der Waals surface area contributed by atoms with E-state index in [0.717, 1.165) is 19.0 Å². The van der Waals surface area contributed by atoms with Gasteiger partial charge in [0, 0.05) is 20.6 Å². The van der Waals surface area contributed by atoms with E-state index >= 15 is 0 Å². The molecule has 1 N–H and O–H groups in total. The van der Waals surface area contributed by atoms with Crippen molar-refractivity contribution >= 4 is 5.96 Å². The lowest BCUT2D eigenvalue weighted by atomic mass is 10.1. The van der Waals surface area contributed by atoms with Gasteiger partial charge in [0.15, 0.2) is 5.96 Å². The number of aliphatic imine (C=N–C) groups is 1. The van der Waals surface area contributed by atoms with Crippen LogP contribution in [0.4, 0.5) is 0 Å². The van der Waals surface area contributed by atoms with Gasteiger partial charge in [0.2, 0.25) is 0 Å². The molecule has 1 aromatic rings. The maximum absolute atomic E-state index is 4.50. The van der Waals surface area contributed by atoms with Crippen molar-refractivity contribution in [2.24, 2.45) is 4.99 Å². The smallest absolute Gasteiger partial charge is 0.194 e. The van der Waals surface area contributed by atoms with Crippen LogP contribution in [0, 0.1) is 0 Å². The standard InChI is InChI=1S/C11H15N3/c1-14(2)11-12-7-9-5-3-4-6-10(9)8-13-11/h3-6H,7-8H2,1-2H3,(H,12,13).